The Balaban J connectivity index is 1.84. The first kappa shape index (κ1) is 13.4. The van der Waals surface area contributed by atoms with Crippen molar-refractivity contribution in [3.05, 3.63) is 82.6 Å². The smallest absolute Gasteiger partial charge is 0.0839 e. The van der Waals surface area contributed by atoms with Gasteiger partial charge in [-0.15, -0.1) is 0 Å². The number of hydrogen-bond donors (Lipinski definition) is 0. The third-order valence-corrected chi connectivity index (χ3v) is 4.35. The monoisotopic (exact) mass is 306 g/mol. The third kappa shape index (κ3) is 2.26. The second-order valence-corrected chi connectivity index (χ2v) is 5.87. The Morgan fingerprint density at radius 3 is 2.55 bits per heavy atom. The van der Waals surface area contributed by atoms with Crippen molar-refractivity contribution in [3.8, 4) is 5.69 Å². The molecule has 4 rings (SSSR count). The van der Waals surface area contributed by atoms with Crippen LogP contribution >= 0.6 is 11.6 Å². The van der Waals surface area contributed by atoms with Crippen LogP contribution < -0.4 is 0 Å². The van der Waals surface area contributed by atoms with Crippen molar-refractivity contribution < 1.29 is 0 Å². The fourth-order valence-electron chi connectivity index (χ4n) is 2.99. The molecule has 1 aromatic heterocycles. The maximum atomic E-state index is 6.34. The van der Waals surface area contributed by atoms with Crippen LogP contribution in [0.1, 0.15) is 23.2 Å². The summed E-state index contributed by atoms with van der Waals surface area (Å²) in [5.41, 5.74) is 5.96. The molecule has 2 nitrogen and oxygen atoms in total. The molecule has 3 heteroatoms. The van der Waals surface area contributed by atoms with E-state index in [-0.39, 0.29) is 0 Å². The molecule has 3 aromatic rings. The third-order valence-electron chi connectivity index (χ3n) is 4.03. The maximum Gasteiger partial charge on any atom is 0.0839 e. The highest BCUT2D eigenvalue weighted by Crippen LogP contribution is 2.36. The average molecular weight is 307 g/mol. The van der Waals surface area contributed by atoms with Gasteiger partial charge in [0.1, 0.15) is 0 Å². The number of para-hydroxylation sites is 1. The Morgan fingerprint density at radius 1 is 0.955 bits per heavy atom. The van der Waals surface area contributed by atoms with Gasteiger partial charge in [-0.1, -0.05) is 54.1 Å². The second-order valence-electron chi connectivity index (χ2n) is 5.46. The molecule has 0 aliphatic heterocycles. The minimum absolute atomic E-state index is 0.722. The van der Waals surface area contributed by atoms with E-state index in [0.717, 1.165) is 23.6 Å². The zero-order valence-corrected chi connectivity index (χ0v) is 12.8. The van der Waals surface area contributed by atoms with Crippen molar-refractivity contribution in [2.75, 3.05) is 0 Å². The van der Waals surface area contributed by atoms with Gasteiger partial charge in [-0.3, -0.25) is 0 Å². The van der Waals surface area contributed by atoms with Crippen molar-refractivity contribution in [2.24, 2.45) is 0 Å². The van der Waals surface area contributed by atoms with Crippen LogP contribution in [-0.2, 0) is 6.42 Å². The minimum Gasteiger partial charge on any atom is -0.232 e. The van der Waals surface area contributed by atoms with E-state index in [4.69, 9.17) is 11.6 Å². The molecule has 0 radical (unpaired) electrons. The zero-order chi connectivity index (χ0) is 14.9. The number of halogens is 1. The van der Waals surface area contributed by atoms with Crippen LogP contribution in [0, 0.1) is 0 Å². The Bertz CT molecular complexity index is 847. The van der Waals surface area contributed by atoms with E-state index in [1.54, 1.807) is 0 Å². The first-order valence-corrected chi connectivity index (χ1v) is 7.78. The number of aromatic nitrogens is 2. The Morgan fingerprint density at radius 2 is 1.73 bits per heavy atom. The molecule has 22 heavy (non-hydrogen) atoms. The lowest BCUT2D eigenvalue weighted by Gasteiger charge is -2.09. The molecule has 0 saturated heterocycles. The summed E-state index contributed by atoms with van der Waals surface area (Å²) < 4.78 is 1.97. The first-order chi connectivity index (χ1) is 10.8. The van der Waals surface area contributed by atoms with Gasteiger partial charge >= 0.3 is 0 Å². The van der Waals surface area contributed by atoms with E-state index in [9.17, 15) is 0 Å². The summed E-state index contributed by atoms with van der Waals surface area (Å²) in [6.45, 7) is 0. The lowest BCUT2D eigenvalue weighted by atomic mass is 10.1. The minimum atomic E-state index is 0.722. The molecule has 0 N–H and O–H groups in total. The summed E-state index contributed by atoms with van der Waals surface area (Å²) in [6, 6.07) is 18.3. The molecule has 0 atom stereocenters. The molecule has 0 fully saturated rings. The lowest BCUT2D eigenvalue weighted by Crippen LogP contribution is -2.01. The molecular weight excluding hydrogens is 292 g/mol. The number of hydrogen-bond acceptors (Lipinski definition) is 1. The van der Waals surface area contributed by atoms with E-state index >= 15 is 0 Å². The van der Waals surface area contributed by atoms with Crippen LogP contribution in [0.4, 0.5) is 0 Å². The number of benzene rings is 2. The number of nitrogens with zero attached hydrogens (tertiary/aromatic N) is 2. The van der Waals surface area contributed by atoms with E-state index in [2.05, 4.69) is 35.4 Å². The summed E-state index contributed by atoms with van der Waals surface area (Å²) in [7, 11) is 0. The fraction of sp³-hybridized carbons (Fsp3) is 0.105. The number of allylic oxidation sites excluding steroid dienone is 1. The zero-order valence-electron chi connectivity index (χ0n) is 12.0. The Labute approximate surface area is 134 Å². The molecule has 0 spiro atoms. The SMILES string of the molecule is Clc1ccccc1-n1ncc2c1C(=Cc1ccccc1)CC2. The van der Waals surface area contributed by atoms with Crippen LogP contribution in [0.15, 0.2) is 60.8 Å². The van der Waals surface area contributed by atoms with Crippen molar-refractivity contribution in [1.29, 1.82) is 0 Å². The number of fused-ring (bicyclic) bond motifs is 1. The van der Waals surface area contributed by atoms with Crippen molar-refractivity contribution in [1.82, 2.24) is 9.78 Å². The largest absolute Gasteiger partial charge is 0.232 e. The highest BCUT2D eigenvalue weighted by Gasteiger charge is 2.23. The molecule has 0 saturated carbocycles. The van der Waals surface area contributed by atoms with Gasteiger partial charge in [0, 0.05) is 0 Å². The standard InChI is InChI=1S/C19H15ClN2/c20-17-8-4-5-9-18(17)22-19-15(10-11-16(19)13-21-22)12-14-6-2-1-3-7-14/h1-9,12-13H,10-11H2. The topological polar surface area (TPSA) is 17.8 Å². The van der Waals surface area contributed by atoms with Gasteiger partial charge in [0.25, 0.3) is 0 Å². The molecule has 1 heterocycles. The quantitative estimate of drug-likeness (QED) is 0.650. The number of aryl methyl sites for hydroxylation is 1. The van der Waals surface area contributed by atoms with Crippen LogP contribution in [0.25, 0.3) is 17.3 Å². The highest BCUT2D eigenvalue weighted by atomic mass is 35.5. The molecule has 1 aliphatic rings. The normalized spacial score (nSPS) is 15.2. The molecular formula is C19H15ClN2. The second kappa shape index (κ2) is 5.47. The van der Waals surface area contributed by atoms with Gasteiger partial charge < -0.3 is 0 Å². The molecule has 2 aromatic carbocycles. The summed E-state index contributed by atoms with van der Waals surface area (Å²) in [5.74, 6) is 0. The van der Waals surface area contributed by atoms with E-state index in [1.165, 1.54) is 22.4 Å². The maximum absolute atomic E-state index is 6.34. The van der Waals surface area contributed by atoms with E-state index in [0.29, 0.717) is 0 Å². The van der Waals surface area contributed by atoms with Gasteiger partial charge in [-0.05, 0) is 47.8 Å². The predicted octanol–water partition coefficient (Wildman–Crippen LogP) is 5.01. The summed E-state index contributed by atoms with van der Waals surface area (Å²) in [5, 5.41) is 5.27. The van der Waals surface area contributed by atoms with Crippen LogP contribution in [0.3, 0.4) is 0 Å². The van der Waals surface area contributed by atoms with Crippen LogP contribution in [0.2, 0.25) is 5.02 Å². The summed E-state index contributed by atoms with van der Waals surface area (Å²) >= 11 is 6.34. The van der Waals surface area contributed by atoms with Gasteiger partial charge in [0.05, 0.1) is 22.6 Å². The fourth-order valence-corrected chi connectivity index (χ4v) is 3.21. The summed E-state index contributed by atoms with van der Waals surface area (Å²) in [4.78, 5) is 0. The summed E-state index contributed by atoms with van der Waals surface area (Å²) in [6.07, 6.45) is 6.30. The number of rotatable bonds is 2. The molecule has 0 amide bonds. The van der Waals surface area contributed by atoms with Crippen LogP contribution in [0.5, 0.6) is 0 Å². The van der Waals surface area contributed by atoms with E-state index in [1.807, 2.05) is 41.2 Å². The van der Waals surface area contributed by atoms with Gasteiger partial charge in [-0.2, -0.15) is 5.10 Å². The Hall–Kier alpha value is -2.32. The lowest BCUT2D eigenvalue weighted by molar-refractivity contribution is 0.865. The predicted molar refractivity (Wildman–Crippen MR) is 91.2 cm³/mol. The van der Waals surface area contributed by atoms with Crippen molar-refractivity contribution >= 4 is 23.3 Å². The van der Waals surface area contributed by atoms with Gasteiger partial charge in [-0.25, -0.2) is 4.68 Å². The van der Waals surface area contributed by atoms with Gasteiger partial charge in [0.2, 0.25) is 0 Å². The molecule has 1 aliphatic carbocycles. The van der Waals surface area contributed by atoms with Crippen molar-refractivity contribution in [2.45, 2.75) is 12.8 Å². The molecule has 0 bridgehead atoms. The van der Waals surface area contributed by atoms with E-state index < -0.39 is 0 Å². The highest BCUT2D eigenvalue weighted by molar-refractivity contribution is 6.32. The molecule has 108 valence electrons. The first-order valence-electron chi connectivity index (χ1n) is 7.41. The molecule has 0 unspecified atom stereocenters. The van der Waals surface area contributed by atoms with Crippen molar-refractivity contribution in [3.63, 3.8) is 0 Å². The average Bonchev–Trinajstić information content (AvgIpc) is 3.12. The van der Waals surface area contributed by atoms with Crippen LogP contribution in [-0.4, -0.2) is 9.78 Å². The Kier molecular flexibility index (Phi) is 3.32. The van der Waals surface area contributed by atoms with Gasteiger partial charge in [0.15, 0.2) is 0 Å².